The van der Waals surface area contributed by atoms with Gasteiger partial charge in [-0.25, -0.2) is 0 Å². The summed E-state index contributed by atoms with van der Waals surface area (Å²) in [5.74, 6) is 0. The van der Waals surface area contributed by atoms with E-state index in [2.05, 4.69) is 5.73 Å². The van der Waals surface area contributed by atoms with Gasteiger partial charge in [0.25, 0.3) is 0 Å². The first-order valence-corrected chi connectivity index (χ1v) is 3.78. The predicted molar refractivity (Wildman–Crippen MR) is 43.8 cm³/mol. The minimum Gasteiger partial charge on any atom is -1.00 e. The van der Waals surface area contributed by atoms with Gasteiger partial charge < -0.3 is 23.2 Å². The molecule has 1 aromatic carbocycles. The average Bonchev–Trinajstić information content (AvgIpc) is 2.05. The highest BCUT2D eigenvalue weighted by Gasteiger charge is 2.14. The van der Waals surface area contributed by atoms with E-state index in [1.807, 2.05) is 30.3 Å². The van der Waals surface area contributed by atoms with Crippen LogP contribution in [-0.2, 0) is 0 Å². The van der Waals surface area contributed by atoms with Crippen molar-refractivity contribution in [3.05, 3.63) is 35.9 Å². The Balaban J connectivity index is 0.00000121. The molecule has 0 heterocycles. The molecule has 0 radical (unpaired) electrons. The minimum absolute atomic E-state index is 0. The van der Waals surface area contributed by atoms with Gasteiger partial charge in [-0.15, -0.1) is 0 Å². The van der Waals surface area contributed by atoms with Crippen molar-refractivity contribution in [1.82, 2.24) is 0 Å². The second kappa shape index (κ2) is 5.14. The number of hydrogen-bond acceptors (Lipinski definition) is 1. The maximum absolute atomic E-state index is 9.21. The molecular formula is C9H14ClNO. The lowest BCUT2D eigenvalue weighted by atomic mass is 10.0. The third-order valence-electron chi connectivity index (χ3n) is 1.81. The van der Waals surface area contributed by atoms with Crippen LogP contribution in [0.15, 0.2) is 30.3 Å². The summed E-state index contributed by atoms with van der Waals surface area (Å²) in [6.07, 6.45) is -0.377. The summed E-state index contributed by atoms with van der Waals surface area (Å²) in [5.41, 5.74) is 4.94. The average molecular weight is 188 g/mol. The molecule has 1 rings (SSSR count). The molecule has 0 aromatic heterocycles. The van der Waals surface area contributed by atoms with Crippen LogP contribution in [0.5, 0.6) is 0 Å². The van der Waals surface area contributed by atoms with Crippen LogP contribution in [0, 0.1) is 0 Å². The molecule has 2 nitrogen and oxygen atoms in total. The summed E-state index contributed by atoms with van der Waals surface area (Å²) in [5, 5.41) is 9.21. The van der Waals surface area contributed by atoms with Gasteiger partial charge in [-0.2, -0.15) is 0 Å². The second-order valence-electron chi connectivity index (χ2n) is 2.76. The first kappa shape index (κ1) is 11.4. The number of halogens is 1. The molecule has 0 aliphatic rings. The van der Waals surface area contributed by atoms with E-state index in [0.717, 1.165) is 5.56 Å². The molecule has 2 atom stereocenters. The normalized spacial score (nSPS) is 14.6. The van der Waals surface area contributed by atoms with Gasteiger partial charge in [0.2, 0.25) is 0 Å². The topological polar surface area (TPSA) is 47.9 Å². The molecule has 0 saturated carbocycles. The SMILES string of the molecule is C[C@@H](O)[C@H]([NH3+])c1ccccc1.[Cl-]. The quantitative estimate of drug-likeness (QED) is 0.523. The fourth-order valence-electron chi connectivity index (χ4n) is 0.979. The van der Waals surface area contributed by atoms with Crippen molar-refractivity contribution in [2.24, 2.45) is 0 Å². The van der Waals surface area contributed by atoms with Crippen LogP contribution < -0.4 is 18.1 Å². The molecule has 0 aliphatic carbocycles. The van der Waals surface area contributed by atoms with E-state index in [0.29, 0.717) is 0 Å². The van der Waals surface area contributed by atoms with E-state index in [1.165, 1.54) is 0 Å². The van der Waals surface area contributed by atoms with Crippen molar-refractivity contribution >= 4 is 0 Å². The zero-order chi connectivity index (χ0) is 8.27. The first-order valence-electron chi connectivity index (χ1n) is 3.78. The Morgan fingerprint density at radius 1 is 1.25 bits per heavy atom. The number of rotatable bonds is 2. The molecule has 0 saturated heterocycles. The summed E-state index contributed by atoms with van der Waals surface area (Å²) in [7, 11) is 0. The van der Waals surface area contributed by atoms with Crippen molar-refractivity contribution in [1.29, 1.82) is 0 Å². The summed E-state index contributed by atoms with van der Waals surface area (Å²) in [6.45, 7) is 1.75. The van der Waals surface area contributed by atoms with E-state index in [-0.39, 0.29) is 24.6 Å². The molecule has 0 fully saturated rings. The van der Waals surface area contributed by atoms with Crippen LogP contribution in [0.25, 0.3) is 0 Å². The van der Waals surface area contributed by atoms with Crippen LogP contribution >= 0.6 is 0 Å². The van der Waals surface area contributed by atoms with Crippen molar-refractivity contribution < 1.29 is 23.2 Å². The third kappa shape index (κ3) is 2.81. The Labute approximate surface area is 78.8 Å². The van der Waals surface area contributed by atoms with Crippen molar-refractivity contribution in [3.8, 4) is 0 Å². The Morgan fingerprint density at radius 3 is 2.17 bits per heavy atom. The van der Waals surface area contributed by atoms with Crippen molar-refractivity contribution in [3.63, 3.8) is 0 Å². The zero-order valence-corrected chi connectivity index (χ0v) is 7.83. The van der Waals surface area contributed by atoms with E-state index in [4.69, 9.17) is 0 Å². The fourth-order valence-corrected chi connectivity index (χ4v) is 0.979. The molecule has 3 heteroatoms. The molecule has 68 valence electrons. The summed E-state index contributed by atoms with van der Waals surface area (Å²) < 4.78 is 0. The number of hydrogen-bond donors (Lipinski definition) is 2. The van der Waals surface area contributed by atoms with Gasteiger partial charge in [0.15, 0.2) is 0 Å². The number of aliphatic hydroxyl groups is 1. The summed E-state index contributed by atoms with van der Waals surface area (Å²) >= 11 is 0. The van der Waals surface area contributed by atoms with Crippen molar-refractivity contribution in [2.75, 3.05) is 0 Å². The molecule has 0 amide bonds. The highest BCUT2D eigenvalue weighted by molar-refractivity contribution is 5.17. The van der Waals surface area contributed by atoms with E-state index >= 15 is 0 Å². The van der Waals surface area contributed by atoms with Gasteiger partial charge in [0.1, 0.15) is 12.1 Å². The Morgan fingerprint density at radius 2 is 1.75 bits per heavy atom. The largest absolute Gasteiger partial charge is 1.00 e. The van der Waals surface area contributed by atoms with E-state index < -0.39 is 0 Å². The van der Waals surface area contributed by atoms with Crippen LogP contribution in [-0.4, -0.2) is 11.2 Å². The molecule has 0 bridgehead atoms. The number of aliphatic hydroxyl groups excluding tert-OH is 1. The summed E-state index contributed by atoms with van der Waals surface area (Å²) in [6, 6.07) is 9.80. The van der Waals surface area contributed by atoms with E-state index in [1.54, 1.807) is 6.92 Å². The predicted octanol–water partition coefficient (Wildman–Crippen LogP) is -2.65. The minimum atomic E-state index is -0.377. The standard InChI is InChI=1S/C9H13NO.ClH/c1-7(11)9(10)8-5-3-2-4-6-8;/h2-7,9,11H,10H2,1H3;1H/t7-,9+;/m1./s1. The second-order valence-corrected chi connectivity index (χ2v) is 2.76. The molecule has 0 unspecified atom stereocenters. The molecule has 12 heavy (non-hydrogen) atoms. The Bertz CT molecular complexity index is 213. The molecular weight excluding hydrogens is 174 g/mol. The van der Waals surface area contributed by atoms with Crippen LogP contribution in [0.2, 0.25) is 0 Å². The van der Waals surface area contributed by atoms with Gasteiger partial charge in [-0.1, -0.05) is 30.3 Å². The molecule has 4 N–H and O–H groups in total. The van der Waals surface area contributed by atoms with Crippen molar-refractivity contribution in [2.45, 2.75) is 19.1 Å². The third-order valence-corrected chi connectivity index (χ3v) is 1.81. The molecule has 1 aromatic rings. The van der Waals surface area contributed by atoms with Crippen LogP contribution in [0.4, 0.5) is 0 Å². The zero-order valence-electron chi connectivity index (χ0n) is 7.07. The monoisotopic (exact) mass is 187 g/mol. The van der Waals surface area contributed by atoms with Gasteiger partial charge >= 0.3 is 0 Å². The number of benzene rings is 1. The maximum atomic E-state index is 9.21. The highest BCUT2D eigenvalue weighted by atomic mass is 35.5. The summed E-state index contributed by atoms with van der Waals surface area (Å²) in [4.78, 5) is 0. The lowest BCUT2D eigenvalue weighted by Gasteiger charge is -2.10. The molecule has 0 spiro atoms. The highest BCUT2D eigenvalue weighted by Crippen LogP contribution is 2.10. The lowest BCUT2D eigenvalue weighted by Crippen LogP contribution is -3.00. The fraction of sp³-hybridized carbons (Fsp3) is 0.333. The Kier molecular flexibility index (Phi) is 4.90. The molecule has 0 aliphatic heterocycles. The van der Waals surface area contributed by atoms with Gasteiger partial charge in [0, 0.05) is 5.56 Å². The van der Waals surface area contributed by atoms with Crippen LogP contribution in [0.1, 0.15) is 18.5 Å². The van der Waals surface area contributed by atoms with E-state index in [9.17, 15) is 5.11 Å². The first-order chi connectivity index (χ1) is 5.22. The van der Waals surface area contributed by atoms with Gasteiger partial charge in [-0.3, -0.25) is 0 Å². The number of quaternary nitrogens is 1. The lowest BCUT2D eigenvalue weighted by molar-refractivity contribution is -0.443. The maximum Gasteiger partial charge on any atom is 0.136 e. The smallest absolute Gasteiger partial charge is 0.136 e. The van der Waals surface area contributed by atoms with Gasteiger partial charge in [-0.05, 0) is 6.92 Å². The van der Waals surface area contributed by atoms with Crippen LogP contribution in [0.3, 0.4) is 0 Å². The Hall–Kier alpha value is -0.570. The van der Waals surface area contributed by atoms with Gasteiger partial charge in [0.05, 0.1) is 0 Å².